The molecule has 1 saturated heterocycles. The average molecular weight is 292 g/mol. The molecular formula is C12H24N2O6. The van der Waals surface area contributed by atoms with Crippen molar-refractivity contribution in [3.8, 4) is 0 Å². The van der Waals surface area contributed by atoms with Gasteiger partial charge in [-0.15, -0.1) is 0 Å². The highest BCUT2D eigenvalue weighted by Crippen LogP contribution is 2.20. The summed E-state index contributed by atoms with van der Waals surface area (Å²) in [5.74, 6) is -1.06. The molecule has 2 unspecified atom stereocenters. The summed E-state index contributed by atoms with van der Waals surface area (Å²) in [5, 5.41) is 40.8. The second-order valence-corrected chi connectivity index (χ2v) is 5.08. The summed E-state index contributed by atoms with van der Waals surface area (Å²) >= 11 is 0. The molecule has 20 heavy (non-hydrogen) atoms. The van der Waals surface area contributed by atoms with Gasteiger partial charge in [0.1, 0.15) is 30.6 Å². The Balaban J connectivity index is 2.60. The van der Waals surface area contributed by atoms with E-state index < -0.39 is 42.7 Å². The molecule has 1 aliphatic heterocycles. The van der Waals surface area contributed by atoms with Crippen LogP contribution in [0.3, 0.4) is 0 Å². The van der Waals surface area contributed by atoms with Gasteiger partial charge in [0.2, 0.25) is 0 Å². The zero-order valence-electron chi connectivity index (χ0n) is 11.5. The number of hydrogen-bond donors (Lipinski definition) is 6. The molecule has 1 rings (SSSR count). The minimum absolute atomic E-state index is 0.339. The standard InChI is InChI=1S/C12H24N2O6/c1-6-8(15)9(16)10(17)11(20-6)14-7(12(18)19)4-2-3-5-13/h6-11,14-17H,2-5,13H2,1H3,(H,18,19)/t6-,7?,8+,9+,10-,11?/m0/s1. The lowest BCUT2D eigenvalue weighted by Crippen LogP contribution is -2.63. The Hall–Kier alpha value is -0.770. The lowest BCUT2D eigenvalue weighted by atomic mass is 9.98. The first kappa shape index (κ1) is 17.3. The quantitative estimate of drug-likeness (QED) is 0.295. The lowest BCUT2D eigenvalue weighted by Gasteiger charge is -2.40. The van der Waals surface area contributed by atoms with Crippen LogP contribution in [0.2, 0.25) is 0 Å². The van der Waals surface area contributed by atoms with E-state index in [-0.39, 0.29) is 0 Å². The van der Waals surface area contributed by atoms with Crippen molar-refractivity contribution in [2.75, 3.05) is 6.54 Å². The third-order valence-corrected chi connectivity index (χ3v) is 3.46. The summed E-state index contributed by atoms with van der Waals surface area (Å²) in [6.07, 6.45) is -4.05. The maximum absolute atomic E-state index is 11.2. The van der Waals surface area contributed by atoms with E-state index in [4.69, 9.17) is 15.6 Å². The van der Waals surface area contributed by atoms with Crippen LogP contribution in [0.1, 0.15) is 26.2 Å². The van der Waals surface area contributed by atoms with Crippen molar-refractivity contribution in [2.45, 2.75) is 62.9 Å². The lowest BCUT2D eigenvalue weighted by molar-refractivity contribution is -0.227. The smallest absolute Gasteiger partial charge is 0.320 e. The predicted octanol–water partition coefficient (Wildman–Crippen LogP) is -2.01. The Labute approximate surface area is 117 Å². The molecule has 0 aromatic rings. The van der Waals surface area contributed by atoms with Gasteiger partial charge in [0, 0.05) is 0 Å². The van der Waals surface area contributed by atoms with Gasteiger partial charge in [-0.05, 0) is 26.3 Å². The molecule has 0 bridgehead atoms. The van der Waals surface area contributed by atoms with Gasteiger partial charge in [-0.2, -0.15) is 0 Å². The van der Waals surface area contributed by atoms with E-state index in [0.717, 1.165) is 0 Å². The number of aliphatic carboxylic acids is 1. The summed E-state index contributed by atoms with van der Waals surface area (Å²) in [7, 11) is 0. The van der Waals surface area contributed by atoms with E-state index in [1.165, 1.54) is 0 Å². The zero-order chi connectivity index (χ0) is 15.3. The van der Waals surface area contributed by atoms with Crippen molar-refractivity contribution < 1.29 is 30.0 Å². The van der Waals surface area contributed by atoms with Gasteiger partial charge in [0.25, 0.3) is 0 Å². The third-order valence-electron chi connectivity index (χ3n) is 3.46. The van der Waals surface area contributed by atoms with Gasteiger partial charge in [0.15, 0.2) is 0 Å². The predicted molar refractivity (Wildman–Crippen MR) is 69.8 cm³/mol. The van der Waals surface area contributed by atoms with Crippen molar-refractivity contribution >= 4 is 5.97 Å². The Bertz CT molecular complexity index is 316. The monoisotopic (exact) mass is 292 g/mol. The van der Waals surface area contributed by atoms with Gasteiger partial charge < -0.3 is 30.9 Å². The van der Waals surface area contributed by atoms with Crippen LogP contribution in [0.5, 0.6) is 0 Å². The van der Waals surface area contributed by atoms with Crippen LogP contribution in [0, 0.1) is 0 Å². The molecule has 0 aliphatic carbocycles. The molecule has 118 valence electrons. The maximum atomic E-state index is 11.2. The minimum atomic E-state index is -1.39. The van der Waals surface area contributed by atoms with E-state index in [2.05, 4.69) is 5.32 Å². The Morgan fingerprint density at radius 1 is 1.25 bits per heavy atom. The highest BCUT2D eigenvalue weighted by atomic mass is 16.5. The van der Waals surface area contributed by atoms with Crippen LogP contribution < -0.4 is 11.1 Å². The molecule has 0 saturated carbocycles. The average Bonchev–Trinajstić information content (AvgIpc) is 2.40. The van der Waals surface area contributed by atoms with Crippen molar-refractivity contribution in [2.24, 2.45) is 5.73 Å². The highest BCUT2D eigenvalue weighted by Gasteiger charge is 2.42. The first-order valence-corrected chi connectivity index (χ1v) is 6.77. The van der Waals surface area contributed by atoms with Crippen LogP contribution in [0.25, 0.3) is 0 Å². The number of carboxylic acids is 1. The van der Waals surface area contributed by atoms with Gasteiger partial charge in [-0.3, -0.25) is 10.1 Å². The molecule has 8 heteroatoms. The molecule has 0 amide bonds. The normalized spacial score (nSPS) is 35.8. The minimum Gasteiger partial charge on any atom is -0.480 e. The second-order valence-electron chi connectivity index (χ2n) is 5.08. The number of aliphatic hydroxyl groups is 3. The fraction of sp³-hybridized carbons (Fsp3) is 0.917. The largest absolute Gasteiger partial charge is 0.480 e. The van der Waals surface area contributed by atoms with E-state index in [1.807, 2.05) is 0 Å². The van der Waals surface area contributed by atoms with Crippen LogP contribution in [-0.4, -0.2) is 69.6 Å². The van der Waals surface area contributed by atoms with Crippen molar-refractivity contribution in [3.63, 3.8) is 0 Å². The number of carboxylic acid groups (broad SMARTS) is 1. The summed E-state index contributed by atoms with van der Waals surface area (Å²) in [6, 6.07) is -0.907. The molecule has 6 atom stereocenters. The van der Waals surface area contributed by atoms with Crippen LogP contribution in [0.15, 0.2) is 0 Å². The first-order chi connectivity index (χ1) is 9.38. The summed E-state index contributed by atoms with van der Waals surface area (Å²) < 4.78 is 5.31. The van der Waals surface area contributed by atoms with E-state index in [0.29, 0.717) is 25.8 Å². The van der Waals surface area contributed by atoms with Gasteiger partial charge in [-0.1, -0.05) is 6.42 Å². The van der Waals surface area contributed by atoms with E-state index in [9.17, 15) is 20.1 Å². The Morgan fingerprint density at radius 3 is 2.45 bits per heavy atom. The number of nitrogens with one attached hydrogen (secondary N) is 1. The fourth-order valence-corrected chi connectivity index (χ4v) is 2.16. The molecule has 0 aromatic heterocycles. The molecule has 0 radical (unpaired) electrons. The van der Waals surface area contributed by atoms with Crippen LogP contribution >= 0.6 is 0 Å². The van der Waals surface area contributed by atoms with E-state index in [1.54, 1.807) is 6.92 Å². The fourth-order valence-electron chi connectivity index (χ4n) is 2.16. The van der Waals surface area contributed by atoms with E-state index >= 15 is 0 Å². The maximum Gasteiger partial charge on any atom is 0.320 e. The Morgan fingerprint density at radius 2 is 1.90 bits per heavy atom. The van der Waals surface area contributed by atoms with Crippen molar-refractivity contribution in [1.29, 1.82) is 0 Å². The number of aliphatic hydroxyl groups excluding tert-OH is 3. The molecule has 0 spiro atoms. The number of nitrogens with two attached hydrogens (primary N) is 1. The number of rotatable bonds is 7. The molecule has 1 heterocycles. The summed E-state index contributed by atoms with van der Waals surface area (Å²) in [6.45, 7) is 2.02. The number of unbranched alkanes of at least 4 members (excludes halogenated alkanes) is 1. The molecule has 1 aliphatic rings. The number of ether oxygens (including phenoxy) is 1. The molecule has 0 aromatic carbocycles. The first-order valence-electron chi connectivity index (χ1n) is 6.77. The highest BCUT2D eigenvalue weighted by molar-refractivity contribution is 5.73. The number of hydrogen-bond acceptors (Lipinski definition) is 7. The zero-order valence-corrected chi connectivity index (χ0v) is 11.5. The van der Waals surface area contributed by atoms with Gasteiger partial charge >= 0.3 is 5.97 Å². The summed E-state index contributed by atoms with van der Waals surface area (Å²) in [5.41, 5.74) is 5.36. The van der Waals surface area contributed by atoms with Gasteiger partial charge in [0.05, 0.1) is 6.10 Å². The molecule has 1 fully saturated rings. The van der Waals surface area contributed by atoms with Crippen LogP contribution in [0.4, 0.5) is 0 Å². The third kappa shape index (κ3) is 4.37. The number of carbonyl (C=O) groups is 1. The molecule has 7 N–H and O–H groups in total. The van der Waals surface area contributed by atoms with Crippen molar-refractivity contribution in [3.05, 3.63) is 0 Å². The van der Waals surface area contributed by atoms with Crippen molar-refractivity contribution in [1.82, 2.24) is 5.32 Å². The molecule has 8 nitrogen and oxygen atoms in total. The summed E-state index contributed by atoms with van der Waals surface area (Å²) in [4.78, 5) is 11.2. The molecular weight excluding hydrogens is 268 g/mol. The van der Waals surface area contributed by atoms with Crippen LogP contribution in [-0.2, 0) is 9.53 Å². The topological polar surface area (TPSA) is 145 Å². The van der Waals surface area contributed by atoms with Gasteiger partial charge in [-0.25, -0.2) is 0 Å². The second kappa shape index (κ2) is 7.87. The SMILES string of the molecule is C[C@@H]1OC(NC(CCCCN)C(=O)O)[C@@H](O)[C@H](O)[C@@H]1O. The Kier molecular flexibility index (Phi) is 6.80.